The summed E-state index contributed by atoms with van der Waals surface area (Å²) in [5.74, 6) is 0.623. The van der Waals surface area contributed by atoms with E-state index in [4.69, 9.17) is 4.42 Å². The van der Waals surface area contributed by atoms with Crippen molar-refractivity contribution in [3.63, 3.8) is 0 Å². The predicted molar refractivity (Wildman–Crippen MR) is 50.6 cm³/mol. The number of rotatable bonds is 5. The summed E-state index contributed by atoms with van der Waals surface area (Å²) in [6.45, 7) is 7.69. The van der Waals surface area contributed by atoms with E-state index in [9.17, 15) is 0 Å². The first-order valence-corrected chi connectivity index (χ1v) is 4.58. The molecule has 1 rings (SSSR count). The quantitative estimate of drug-likeness (QED) is 0.719. The van der Waals surface area contributed by atoms with Gasteiger partial charge in [-0.1, -0.05) is 12.0 Å². The molecule has 0 aromatic carbocycles. The summed E-state index contributed by atoms with van der Waals surface area (Å²) in [6, 6.07) is 0.604. The Hall–Kier alpha value is -1.10. The Morgan fingerprint density at radius 2 is 2.08 bits per heavy atom. The van der Waals surface area contributed by atoms with Crippen LogP contribution >= 0.6 is 0 Å². The number of nitrogens with zero attached hydrogens (tertiary/aromatic N) is 2. The van der Waals surface area contributed by atoms with Gasteiger partial charge in [0.05, 0.1) is 6.04 Å². The van der Waals surface area contributed by atoms with Gasteiger partial charge in [0, 0.05) is 6.54 Å². The molecule has 1 atom stereocenters. The third-order valence-corrected chi connectivity index (χ3v) is 1.65. The Kier molecular flexibility index (Phi) is 3.70. The first-order chi connectivity index (χ1) is 6.27. The number of hydrogen-bond acceptors (Lipinski definition) is 5. The molecule has 0 aliphatic carbocycles. The van der Waals surface area contributed by atoms with Crippen LogP contribution in [0.2, 0.25) is 0 Å². The van der Waals surface area contributed by atoms with Crippen LogP contribution in [0, 0.1) is 0 Å². The molecule has 13 heavy (non-hydrogen) atoms. The van der Waals surface area contributed by atoms with Crippen molar-refractivity contribution >= 4 is 6.01 Å². The first kappa shape index (κ1) is 9.98. The fourth-order valence-corrected chi connectivity index (χ4v) is 1.03. The summed E-state index contributed by atoms with van der Waals surface area (Å²) in [7, 11) is 0. The highest BCUT2D eigenvalue weighted by Gasteiger charge is 2.11. The average molecular weight is 184 g/mol. The van der Waals surface area contributed by atoms with Crippen LogP contribution in [-0.4, -0.2) is 23.3 Å². The van der Waals surface area contributed by atoms with E-state index in [1.165, 1.54) is 0 Å². The summed E-state index contributed by atoms with van der Waals surface area (Å²) < 4.78 is 5.34. The number of hydrogen-bond donors (Lipinski definition) is 2. The van der Waals surface area contributed by atoms with Crippen LogP contribution in [0.5, 0.6) is 0 Å². The van der Waals surface area contributed by atoms with E-state index in [2.05, 4.69) is 20.8 Å². The maximum Gasteiger partial charge on any atom is 0.315 e. The lowest BCUT2D eigenvalue weighted by Crippen LogP contribution is -2.17. The van der Waals surface area contributed by atoms with E-state index in [1.54, 1.807) is 0 Å². The second-order valence-corrected chi connectivity index (χ2v) is 2.76. The van der Waals surface area contributed by atoms with E-state index in [0.717, 1.165) is 13.1 Å². The fourth-order valence-electron chi connectivity index (χ4n) is 1.03. The molecule has 0 fully saturated rings. The van der Waals surface area contributed by atoms with Gasteiger partial charge in [0.2, 0.25) is 5.89 Å². The second kappa shape index (κ2) is 4.81. The maximum absolute atomic E-state index is 5.34. The Labute approximate surface area is 77.9 Å². The molecule has 0 saturated heterocycles. The molecular weight excluding hydrogens is 168 g/mol. The van der Waals surface area contributed by atoms with Crippen molar-refractivity contribution in [3.05, 3.63) is 5.89 Å². The lowest BCUT2D eigenvalue weighted by molar-refractivity contribution is 0.429. The molecule has 1 aromatic rings. The molecular formula is C8H16N4O. The van der Waals surface area contributed by atoms with Gasteiger partial charge in [-0.25, -0.2) is 0 Å². The normalized spacial score (nSPS) is 12.8. The molecule has 1 heterocycles. The van der Waals surface area contributed by atoms with Gasteiger partial charge in [0.15, 0.2) is 0 Å². The zero-order valence-corrected chi connectivity index (χ0v) is 8.29. The zero-order valence-electron chi connectivity index (χ0n) is 8.29. The molecule has 2 N–H and O–H groups in total. The topological polar surface area (TPSA) is 63.0 Å². The minimum Gasteiger partial charge on any atom is -0.406 e. The lowest BCUT2D eigenvalue weighted by Gasteiger charge is -2.05. The van der Waals surface area contributed by atoms with Gasteiger partial charge in [-0.2, -0.15) is 0 Å². The molecule has 0 aliphatic rings. The van der Waals surface area contributed by atoms with Gasteiger partial charge in [-0.3, -0.25) is 0 Å². The van der Waals surface area contributed by atoms with Crippen molar-refractivity contribution < 1.29 is 4.42 Å². The van der Waals surface area contributed by atoms with Gasteiger partial charge in [-0.15, -0.1) is 5.10 Å². The highest BCUT2D eigenvalue weighted by molar-refractivity contribution is 5.16. The fraction of sp³-hybridized carbons (Fsp3) is 0.750. The second-order valence-electron chi connectivity index (χ2n) is 2.76. The van der Waals surface area contributed by atoms with Crippen LogP contribution in [-0.2, 0) is 0 Å². The number of nitrogens with one attached hydrogen (secondary N) is 2. The molecule has 0 spiro atoms. The van der Waals surface area contributed by atoms with Gasteiger partial charge >= 0.3 is 6.01 Å². The van der Waals surface area contributed by atoms with Crippen LogP contribution in [0.1, 0.15) is 32.7 Å². The molecule has 0 saturated carbocycles. The van der Waals surface area contributed by atoms with Crippen LogP contribution < -0.4 is 10.6 Å². The van der Waals surface area contributed by atoms with Crippen molar-refractivity contribution in [3.8, 4) is 0 Å². The number of aromatic nitrogens is 2. The van der Waals surface area contributed by atoms with Crippen molar-refractivity contribution in [1.29, 1.82) is 0 Å². The lowest BCUT2D eigenvalue weighted by atomic mass is 10.3. The molecule has 0 aliphatic heterocycles. The van der Waals surface area contributed by atoms with Crippen LogP contribution in [0.25, 0.3) is 0 Å². The zero-order chi connectivity index (χ0) is 9.68. The van der Waals surface area contributed by atoms with Crippen molar-refractivity contribution in [2.24, 2.45) is 0 Å². The Morgan fingerprint density at radius 1 is 1.31 bits per heavy atom. The van der Waals surface area contributed by atoms with E-state index < -0.39 is 0 Å². The Morgan fingerprint density at radius 3 is 2.69 bits per heavy atom. The van der Waals surface area contributed by atoms with E-state index in [1.807, 2.05) is 20.8 Å². The monoisotopic (exact) mass is 184 g/mol. The summed E-state index contributed by atoms with van der Waals surface area (Å²) in [5, 5.41) is 13.9. The van der Waals surface area contributed by atoms with Crippen LogP contribution in [0.3, 0.4) is 0 Å². The van der Waals surface area contributed by atoms with Crippen molar-refractivity contribution in [1.82, 2.24) is 15.5 Å². The first-order valence-electron chi connectivity index (χ1n) is 4.58. The largest absolute Gasteiger partial charge is 0.406 e. The number of anilines is 1. The highest BCUT2D eigenvalue weighted by Crippen LogP contribution is 2.12. The van der Waals surface area contributed by atoms with Gasteiger partial charge in [-0.05, 0) is 20.4 Å². The molecule has 5 nitrogen and oxygen atoms in total. The summed E-state index contributed by atoms with van der Waals surface area (Å²) in [4.78, 5) is 0. The molecule has 0 radical (unpaired) electrons. The summed E-state index contributed by atoms with van der Waals surface area (Å²) in [5.41, 5.74) is 0. The molecule has 0 bridgehead atoms. The third kappa shape index (κ3) is 2.69. The Bertz CT molecular complexity index is 248. The molecule has 74 valence electrons. The van der Waals surface area contributed by atoms with E-state index in [0.29, 0.717) is 11.9 Å². The van der Waals surface area contributed by atoms with Gasteiger partial charge in [0.1, 0.15) is 0 Å². The third-order valence-electron chi connectivity index (χ3n) is 1.65. The van der Waals surface area contributed by atoms with Gasteiger partial charge in [0.25, 0.3) is 0 Å². The SMILES string of the molecule is CCNc1nnc(C(C)NCC)o1. The molecule has 5 heteroatoms. The molecule has 0 amide bonds. The highest BCUT2D eigenvalue weighted by atomic mass is 16.4. The van der Waals surface area contributed by atoms with Crippen molar-refractivity contribution in [2.75, 3.05) is 18.4 Å². The van der Waals surface area contributed by atoms with Crippen LogP contribution in [0.4, 0.5) is 6.01 Å². The predicted octanol–water partition coefficient (Wildman–Crippen LogP) is 1.17. The molecule has 1 aromatic heterocycles. The van der Waals surface area contributed by atoms with E-state index >= 15 is 0 Å². The van der Waals surface area contributed by atoms with Crippen LogP contribution in [0.15, 0.2) is 4.42 Å². The minimum absolute atomic E-state index is 0.116. The summed E-state index contributed by atoms with van der Waals surface area (Å²) in [6.07, 6.45) is 0. The summed E-state index contributed by atoms with van der Waals surface area (Å²) >= 11 is 0. The van der Waals surface area contributed by atoms with E-state index in [-0.39, 0.29) is 6.04 Å². The maximum atomic E-state index is 5.34. The minimum atomic E-state index is 0.116. The smallest absolute Gasteiger partial charge is 0.315 e. The van der Waals surface area contributed by atoms with Gasteiger partial charge < -0.3 is 15.1 Å². The Balaban J connectivity index is 2.56. The molecule has 1 unspecified atom stereocenters. The van der Waals surface area contributed by atoms with Crippen molar-refractivity contribution in [2.45, 2.75) is 26.8 Å². The average Bonchev–Trinajstić information content (AvgIpc) is 2.54. The standard InChI is InChI=1S/C8H16N4O/c1-4-9-6(3)7-11-12-8(13-7)10-5-2/h6,9H,4-5H2,1-3H3,(H,10,12).